The van der Waals surface area contributed by atoms with E-state index in [4.69, 9.17) is 9.84 Å². The Bertz CT molecular complexity index is 600. The molecule has 0 bridgehead atoms. The van der Waals surface area contributed by atoms with Crippen LogP contribution in [0, 0.1) is 0 Å². The number of aliphatic carboxylic acids is 1. The van der Waals surface area contributed by atoms with Gasteiger partial charge in [0.1, 0.15) is 6.54 Å². The lowest BCUT2D eigenvalue weighted by atomic mass is 10.2. The number of carbonyl (C=O) groups excluding carboxylic acids is 2. The molecule has 0 saturated carbocycles. The average Bonchev–Trinajstić information content (AvgIpc) is 2.62. The number of hydrogen-bond acceptors (Lipinski definition) is 5. The average molecular weight is 349 g/mol. The van der Waals surface area contributed by atoms with Crippen molar-refractivity contribution < 1.29 is 24.2 Å². The molecule has 1 saturated heterocycles. The second kappa shape index (κ2) is 8.91. The Hall–Kier alpha value is -2.77. The summed E-state index contributed by atoms with van der Waals surface area (Å²) in [5.41, 5.74) is 0.684. The molecule has 1 aliphatic rings. The third-order valence-corrected chi connectivity index (χ3v) is 3.93. The Morgan fingerprint density at radius 2 is 1.64 bits per heavy atom. The third-order valence-electron chi connectivity index (χ3n) is 3.93. The minimum absolute atomic E-state index is 0.0181. The van der Waals surface area contributed by atoms with Crippen molar-refractivity contribution in [3.05, 3.63) is 30.3 Å². The van der Waals surface area contributed by atoms with Gasteiger partial charge in [-0.05, 0) is 19.1 Å². The maximum atomic E-state index is 12.5. The van der Waals surface area contributed by atoms with Crippen LogP contribution in [-0.2, 0) is 14.3 Å². The Morgan fingerprint density at radius 3 is 2.20 bits per heavy atom. The first-order valence-corrected chi connectivity index (χ1v) is 8.22. The lowest BCUT2D eigenvalue weighted by molar-refractivity contribution is -0.135. The molecule has 1 fully saturated rings. The summed E-state index contributed by atoms with van der Waals surface area (Å²) in [7, 11) is 0. The highest BCUT2D eigenvalue weighted by atomic mass is 16.6. The summed E-state index contributed by atoms with van der Waals surface area (Å²) < 4.78 is 4.95. The van der Waals surface area contributed by atoms with Gasteiger partial charge >= 0.3 is 12.1 Å². The van der Waals surface area contributed by atoms with Crippen molar-refractivity contribution in [3.8, 4) is 0 Å². The molecule has 2 rings (SSSR count). The number of anilines is 1. The molecule has 1 N–H and O–H groups in total. The highest BCUT2D eigenvalue weighted by Crippen LogP contribution is 2.14. The number of benzene rings is 1. The monoisotopic (exact) mass is 349 g/mol. The maximum Gasteiger partial charge on any atom is 0.409 e. The maximum absolute atomic E-state index is 12.5. The van der Waals surface area contributed by atoms with E-state index < -0.39 is 5.97 Å². The highest BCUT2D eigenvalue weighted by molar-refractivity contribution is 5.84. The number of amides is 2. The first-order valence-electron chi connectivity index (χ1n) is 8.22. The summed E-state index contributed by atoms with van der Waals surface area (Å²) in [6.45, 7) is 3.44. The number of carboxylic acid groups (broad SMARTS) is 1. The molecule has 25 heavy (non-hydrogen) atoms. The van der Waals surface area contributed by atoms with E-state index >= 15 is 0 Å². The van der Waals surface area contributed by atoms with Crippen molar-refractivity contribution in [2.45, 2.75) is 6.92 Å². The number of ether oxygens (including phenoxy) is 1. The van der Waals surface area contributed by atoms with E-state index in [9.17, 15) is 14.4 Å². The Balaban J connectivity index is 1.93. The SMILES string of the molecule is CCOC(=O)N1CCN(C(=O)CN(CC(=O)O)c2ccccc2)CC1. The van der Waals surface area contributed by atoms with Crippen molar-refractivity contribution in [2.24, 2.45) is 0 Å². The van der Waals surface area contributed by atoms with E-state index in [1.807, 2.05) is 6.07 Å². The van der Waals surface area contributed by atoms with Crippen LogP contribution in [0.3, 0.4) is 0 Å². The van der Waals surface area contributed by atoms with Gasteiger partial charge in [-0.1, -0.05) is 18.2 Å². The summed E-state index contributed by atoms with van der Waals surface area (Å²) in [4.78, 5) is 40.0. The molecule has 1 aromatic rings. The zero-order valence-electron chi connectivity index (χ0n) is 14.3. The molecule has 8 nitrogen and oxygen atoms in total. The van der Waals surface area contributed by atoms with Crippen LogP contribution >= 0.6 is 0 Å². The van der Waals surface area contributed by atoms with Gasteiger partial charge in [0.2, 0.25) is 5.91 Å². The van der Waals surface area contributed by atoms with Crippen LogP contribution in [-0.4, -0.2) is 78.8 Å². The van der Waals surface area contributed by atoms with Crippen LogP contribution in [0.4, 0.5) is 10.5 Å². The van der Waals surface area contributed by atoms with Gasteiger partial charge in [-0.3, -0.25) is 9.59 Å². The van der Waals surface area contributed by atoms with Gasteiger partial charge in [0.15, 0.2) is 0 Å². The fraction of sp³-hybridized carbons (Fsp3) is 0.471. The highest BCUT2D eigenvalue weighted by Gasteiger charge is 2.26. The van der Waals surface area contributed by atoms with Crippen LogP contribution in [0.5, 0.6) is 0 Å². The fourth-order valence-corrected chi connectivity index (χ4v) is 2.66. The Labute approximate surface area is 146 Å². The van der Waals surface area contributed by atoms with E-state index in [-0.39, 0.29) is 25.1 Å². The van der Waals surface area contributed by atoms with Crippen molar-refractivity contribution >= 4 is 23.7 Å². The quantitative estimate of drug-likeness (QED) is 0.820. The minimum Gasteiger partial charge on any atom is -0.480 e. The van der Waals surface area contributed by atoms with Crippen LogP contribution in [0.2, 0.25) is 0 Å². The Morgan fingerprint density at radius 1 is 1.04 bits per heavy atom. The molecule has 0 spiro atoms. The number of carboxylic acids is 1. The van der Waals surface area contributed by atoms with Gasteiger partial charge in [-0.25, -0.2) is 4.79 Å². The van der Waals surface area contributed by atoms with Gasteiger partial charge in [0, 0.05) is 31.9 Å². The molecule has 0 aliphatic carbocycles. The molecule has 1 heterocycles. The number of carbonyl (C=O) groups is 3. The number of nitrogens with zero attached hydrogens (tertiary/aromatic N) is 3. The third kappa shape index (κ3) is 5.37. The summed E-state index contributed by atoms with van der Waals surface area (Å²) in [6.07, 6.45) is -0.369. The number of rotatable bonds is 6. The summed E-state index contributed by atoms with van der Waals surface area (Å²) in [5.74, 6) is -1.16. The zero-order valence-corrected chi connectivity index (χ0v) is 14.3. The molecule has 0 aromatic heterocycles. The van der Waals surface area contributed by atoms with Crippen LogP contribution in [0.1, 0.15) is 6.92 Å². The van der Waals surface area contributed by atoms with Gasteiger partial charge in [0.05, 0.1) is 13.2 Å². The van der Waals surface area contributed by atoms with Gasteiger partial charge in [0.25, 0.3) is 0 Å². The summed E-state index contributed by atoms with van der Waals surface area (Å²) >= 11 is 0. The van der Waals surface area contributed by atoms with Crippen molar-refractivity contribution in [1.29, 1.82) is 0 Å². The van der Waals surface area contributed by atoms with Gasteiger partial charge in [-0.2, -0.15) is 0 Å². The first kappa shape index (κ1) is 18.6. The molecule has 0 radical (unpaired) electrons. The zero-order chi connectivity index (χ0) is 18.2. The number of para-hydroxylation sites is 1. The van der Waals surface area contributed by atoms with Crippen LogP contribution in [0.15, 0.2) is 30.3 Å². The molecule has 136 valence electrons. The standard InChI is InChI=1S/C17H23N3O5/c1-2-25-17(24)19-10-8-18(9-11-19)15(21)12-20(13-16(22)23)14-6-4-3-5-7-14/h3-7H,2,8-13H2,1H3,(H,22,23). The molecule has 2 amide bonds. The fourth-order valence-electron chi connectivity index (χ4n) is 2.66. The largest absolute Gasteiger partial charge is 0.480 e. The molecule has 0 atom stereocenters. The van der Waals surface area contributed by atoms with E-state index in [1.165, 1.54) is 4.90 Å². The molecular weight excluding hydrogens is 326 g/mol. The number of hydrogen-bond donors (Lipinski definition) is 1. The minimum atomic E-state index is -0.996. The van der Waals surface area contributed by atoms with Crippen molar-refractivity contribution in [2.75, 3.05) is 50.8 Å². The van der Waals surface area contributed by atoms with E-state index in [0.717, 1.165) is 0 Å². The van der Waals surface area contributed by atoms with Gasteiger partial charge in [-0.15, -0.1) is 0 Å². The number of piperazine rings is 1. The van der Waals surface area contributed by atoms with Gasteiger partial charge < -0.3 is 24.5 Å². The van der Waals surface area contributed by atoms with E-state index in [1.54, 1.807) is 41.0 Å². The normalized spacial score (nSPS) is 14.1. The topological polar surface area (TPSA) is 90.4 Å². The van der Waals surface area contributed by atoms with Crippen molar-refractivity contribution in [1.82, 2.24) is 9.80 Å². The van der Waals surface area contributed by atoms with E-state index in [0.29, 0.717) is 38.5 Å². The van der Waals surface area contributed by atoms with E-state index in [2.05, 4.69) is 0 Å². The summed E-state index contributed by atoms with van der Waals surface area (Å²) in [6, 6.07) is 8.97. The summed E-state index contributed by atoms with van der Waals surface area (Å²) in [5, 5.41) is 9.09. The second-order valence-electron chi connectivity index (χ2n) is 5.65. The molecule has 1 aromatic carbocycles. The lowest BCUT2D eigenvalue weighted by Crippen LogP contribution is -2.53. The second-order valence-corrected chi connectivity index (χ2v) is 5.65. The van der Waals surface area contributed by atoms with Crippen LogP contribution in [0.25, 0.3) is 0 Å². The Kier molecular flexibility index (Phi) is 6.62. The first-order chi connectivity index (χ1) is 12.0. The lowest BCUT2D eigenvalue weighted by Gasteiger charge is -2.35. The van der Waals surface area contributed by atoms with Crippen LogP contribution < -0.4 is 4.90 Å². The van der Waals surface area contributed by atoms with Crippen molar-refractivity contribution in [3.63, 3.8) is 0 Å². The molecular formula is C17H23N3O5. The molecule has 8 heteroatoms. The predicted molar refractivity (Wildman–Crippen MR) is 91.5 cm³/mol. The molecule has 1 aliphatic heterocycles. The smallest absolute Gasteiger partial charge is 0.409 e. The predicted octanol–water partition coefficient (Wildman–Crippen LogP) is 0.878. The molecule has 0 unspecified atom stereocenters.